The number of sulfonamides is 1. The summed E-state index contributed by atoms with van der Waals surface area (Å²) < 4.78 is 35.3. The van der Waals surface area contributed by atoms with Crippen molar-refractivity contribution in [2.45, 2.75) is 51.6 Å². The van der Waals surface area contributed by atoms with E-state index in [4.69, 9.17) is 4.74 Å². The first-order valence-corrected chi connectivity index (χ1v) is 16.4. The van der Waals surface area contributed by atoms with Crippen LogP contribution in [0.5, 0.6) is 5.75 Å². The van der Waals surface area contributed by atoms with E-state index in [0.29, 0.717) is 12.3 Å². The molecule has 0 aliphatic heterocycles. The molecule has 0 fully saturated rings. The van der Waals surface area contributed by atoms with Gasteiger partial charge in [-0.25, -0.2) is 8.42 Å². The quantitative estimate of drug-likeness (QED) is 0.209. The topological polar surface area (TPSA) is 96.0 Å². The van der Waals surface area contributed by atoms with Crippen molar-refractivity contribution in [2.75, 3.05) is 24.5 Å². The molecule has 0 radical (unpaired) electrons. The van der Waals surface area contributed by atoms with Crippen molar-refractivity contribution in [3.63, 3.8) is 0 Å². The van der Waals surface area contributed by atoms with E-state index in [9.17, 15) is 18.0 Å². The van der Waals surface area contributed by atoms with Gasteiger partial charge in [0.1, 0.15) is 18.3 Å². The Hall–Kier alpha value is -4.63. The normalized spacial score (nSPS) is 11.8. The Labute approximate surface area is 266 Å². The summed E-state index contributed by atoms with van der Waals surface area (Å²) in [5, 5.41) is 2.89. The van der Waals surface area contributed by atoms with Crippen molar-refractivity contribution >= 4 is 27.5 Å². The fourth-order valence-electron chi connectivity index (χ4n) is 5.16. The number of nitrogens with one attached hydrogen (secondary N) is 1. The van der Waals surface area contributed by atoms with Gasteiger partial charge in [-0.15, -0.1) is 0 Å². The van der Waals surface area contributed by atoms with E-state index in [0.717, 1.165) is 32.1 Å². The van der Waals surface area contributed by atoms with Crippen molar-refractivity contribution in [1.29, 1.82) is 0 Å². The molecular formula is C36H41N3O5S. The molecule has 0 heterocycles. The molecule has 0 saturated heterocycles. The molecule has 0 aliphatic rings. The molecule has 1 N–H and O–H groups in total. The number of methoxy groups -OCH3 is 1. The summed E-state index contributed by atoms with van der Waals surface area (Å²) in [6.45, 7) is 7.43. The van der Waals surface area contributed by atoms with Gasteiger partial charge < -0.3 is 15.0 Å². The third-order valence-corrected chi connectivity index (χ3v) is 9.49. The van der Waals surface area contributed by atoms with Crippen LogP contribution in [0.15, 0.2) is 102 Å². The van der Waals surface area contributed by atoms with Gasteiger partial charge in [0.25, 0.3) is 10.0 Å². The summed E-state index contributed by atoms with van der Waals surface area (Å²) >= 11 is 0. The molecule has 236 valence electrons. The summed E-state index contributed by atoms with van der Waals surface area (Å²) in [6.07, 6.45) is 0.253. The molecule has 0 unspecified atom stereocenters. The highest BCUT2D eigenvalue weighted by Gasteiger charge is 2.35. The predicted molar refractivity (Wildman–Crippen MR) is 178 cm³/mol. The molecule has 1 atom stereocenters. The van der Waals surface area contributed by atoms with E-state index in [1.54, 1.807) is 24.3 Å². The second-order valence-corrected chi connectivity index (χ2v) is 12.9. The molecule has 0 spiro atoms. The number of rotatable bonds is 13. The second-order valence-electron chi connectivity index (χ2n) is 11.0. The Kier molecular flexibility index (Phi) is 11.0. The second kappa shape index (κ2) is 14.9. The number of carbonyl (C=O) groups excluding carboxylic acids is 2. The van der Waals surface area contributed by atoms with Crippen LogP contribution in [0.3, 0.4) is 0 Å². The van der Waals surface area contributed by atoms with Crippen LogP contribution in [0.1, 0.15) is 34.7 Å². The third kappa shape index (κ3) is 8.10. The largest absolute Gasteiger partial charge is 0.495 e. The van der Waals surface area contributed by atoms with Gasteiger partial charge in [-0.05, 0) is 74.2 Å². The molecule has 45 heavy (non-hydrogen) atoms. The van der Waals surface area contributed by atoms with Crippen LogP contribution in [0.2, 0.25) is 0 Å². The molecule has 4 rings (SSSR count). The van der Waals surface area contributed by atoms with Crippen LogP contribution in [0, 0.1) is 20.8 Å². The number of anilines is 1. The molecule has 4 aromatic rings. The molecule has 0 saturated carbocycles. The minimum atomic E-state index is -4.24. The number of likely N-dealkylation sites (N-methyl/N-ethyl adjacent to an activating group) is 1. The maximum absolute atomic E-state index is 14.6. The molecular weight excluding hydrogens is 586 g/mol. The monoisotopic (exact) mass is 627 g/mol. The summed E-state index contributed by atoms with van der Waals surface area (Å²) in [5.41, 5.74) is 4.62. The predicted octanol–water partition coefficient (Wildman–Crippen LogP) is 5.59. The Bertz CT molecular complexity index is 1720. The van der Waals surface area contributed by atoms with Gasteiger partial charge >= 0.3 is 0 Å². The number of nitrogens with zero attached hydrogens (tertiary/aromatic N) is 2. The van der Waals surface area contributed by atoms with Gasteiger partial charge in [-0.1, -0.05) is 78.4 Å². The highest BCUT2D eigenvalue weighted by atomic mass is 32.2. The molecule has 2 amide bonds. The molecule has 0 aliphatic carbocycles. The minimum absolute atomic E-state index is 0.0412. The Morgan fingerprint density at radius 3 is 2.13 bits per heavy atom. The highest BCUT2D eigenvalue weighted by Crippen LogP contribution is 2.34. The van der Waals surface area contributed by atoms with E-state index < -0.39 is 28.5 Å². The lowest BCUT2D eigenvalue weighted by Crippen LogP contribution is -2.53. The molecule has 4 aromatic carbocycles. The standard InChI is InChI=1S/C36H41N3O5S/c1-6-37-36(41)33(23-29-13-8-7-9-14-29)38(24-30-15-11-10-12-28(30)4)35(40)25-39(32-22-27(3)18-21-34(32)44-5)45(42,43)31-19-16-26(2)17-20-31/h7-22,33H,6,23-25H2,1-5H3,(H,37,41)/t33-/m1/s1. The van der Waals surface area contributed by atoms with Crippen molar-refractivity contribution in [2.24, 2.45) is 0 Å². The van der Waals surface area contributed by atoms with E-state index in [1.807, 2.05) is 88.4 Å². The number of aryl methyl sites for hydroxylation is 3. The fraction of sp³-hybridized carbons (Fsp3) is 0.278. The number of hydrogen-bond donors (Lipinski definition) is 1. The lowest BCUT2D eigenvalue weighted by Gasteiger charge is -2.34. The zero-order valence-electron chi connectivity index (χ0n) is 26.5. The van der Waals surface area contributed by atoms with Gasteiger partial charge in [0.2, 0.25) is 11.8 Å². The van der Waals surface area contributed by atoms with Crippen LogP contribution in [-0.2, 0) is 32.6 Å². The third-order valence-electron chi connectivity index (χ3n) is 7.71. The summed E-state index contributed by atoms with van der Waals surface area (Å²) in [6, 6.07) is 27.9. The van der Waals surface area contributed by atoms with Crippen LogP contribution in [0.25, 0.3) is 0 Å². The van der Waals surface area contributed by atoms with Gasteiger partial charge in [0.05, 0.1) is 17.7 Å². The van der Waals surface area contributed by atoms with Crippen molar-refractivity contribution in [3.05, 3.63) is 125 Å². The maximum atomic E-state index is 14.6. The lowest BCUT2D eigenvalue weighted by atomic mass is 10.0. The number of benzene rings is 4. The number of carbonyl (C=O) groups is 2. The van der Waals surface area contributed by atoms with Crippen LogP contribution >= 0.6 is 0 Å². The number of ether oxygens (including phenoxy) is 1. The summed E-state index contributed by atoms with van der Waals surface area (Å²) in [4.78, 5) is 29.8. The summed E-state index contributed by atoms with van der Waals surface area (Å²) in [7, 11) is -2.78. The molecule has 0 aromatic heterocycles. The first-order chi connectivity index (χ1) is 21.5. The van der Waals surface area contributed by atoms with E-state index in [-0.39, 0.29) is 29.5 Å². The first-order valence-electron chi connectivity index (χ1n) is 14.9. The number of amides is 2. The minimum Gasteiger partial charge on any atom is -0.495 e. The maximum Gasteiger partial charge on any atom is 0.264 e. The van der Waals surface area contributed by atoms with E-state index in [1.165, 1.54) is 24.1 Å². The SMILES string of the molecule is CCNC(=O)[C@@H](Cc1ccccc1)N(Cc1ccccc1C)C(=O)CN(c1cc(C)ccc1OC)S(=O)(=O)c1ccc(C)cc1. The zero-order valence-corrected chi connectivity index (χ0v) is 27.3. The average molecular weight is 628 g/mol. The molecule has 8 nitrogen and oxygen atoms in total. The highest BCUT2D eigenvalue weighted by molar-refractivity contribution is 7.92. The van der Waals surface area contributed by atoms with Crippen molar-refractivity contribution in [3.8, 4) is 5.75 Å². The summed E-state index contributed by atoms with van der Waals surface area (Å²) in [5.74, 6) is -0.534. The Morgan fingerprint density at radius 2 is 1.49 bits per heavy atom. The van der Waals surface area contributed by atoms with Gasteiger partial charge in [-0.3, -0.25) is 13.9 Å². The van der Waals surface area contributed by atoms with Crippen LogP contribution in [0.4, 0.5) is 5.69 Å². The van der Waals surface area contributed by atoms with Gasteiger partial charge in [-0.2, -0.15) is 0 Å². The van der Waals surface area contributed by atoms with Crippen LogP contribution < -0.4 is 14.4 Å². The van der Waals surface area contributed by atoms with Crippen molar-refractivity contribution < 1.29 is 22.7 Å². The average Bonchev–Trinajstić information content (AvgIpc) is 3.03. The Balaban J connectivity index is 1.85. The van der Waals surface area contributed by atoms with E-state index in [2.05, 4.69) is 5.32 Å². The fourth-order valence-corrected chi connectivity index (χ4v) is 6.58. The van der Waals surface area contributed by atoms with Gasteiger partial charge in [0.15, 0.2) is 0 Å². The van der Waals surface area contributed by atoms with Crippen molar-refractivity contribution in [1.82, 2.24) is 10.2 Å². The molecule has 9 heteroatoms. The lowest BCUT2D eigenvalue weighted by molar-refractivity contribution is -0.140. The zero-order chi connectivity index (χ0) is 32.6. The van der Waals surface area contributed by atoms with E-state index >= 15 is 0 Å². The van der Waals surface area contributed by atoms with Gasteiger partial charge in [0, 0.05) is 19.5 Å². The van der Waals surface area contributed by atoms with Crippen LogP contribution in [-0.4, -0.2) is 51.4 Å². The first kappa shape index (κ1) is 33.3. The molecule has 0 bridgehead atoms. The smallest absolute Gasteiger partial charge is 0.264 e. The Morgan fingerprint density at radius 1 is 0.844 bits per heavy atom. The number of hydrogen-bond acceptors (Lipinski definition) is 5.